The predicted octanol–water partition coefficient (Wildman–Crippen LogP) is 8.58. The first-order valence-electron chi connectivity index (χ1n) is 37.5. The van der Waals surface area contributed by atoms with E-state index in [0.717, 1.165) is 65.1 Å². The van der Waals surface area contributed by atoms with Crippen LogP contribution in [0.1, 0.15) is 112 Å². The number of β-amino-alcohol motifs (C(OH)–C–C–N with tert-alkyl or cyclic N) is 1. The lowest BCUT2D eigenvalue weighted by Crippen LogP contribution is -2.57. The SMILES string of the molecule is CSC[C@H](NC(=O)CCC(C)CO[C@@H]1C[C@@H](C(=O)NCc2ccc(-c3scnc3C)cc2)N(C(=O)[C@H](CSC)N2Cc3ccc(O[C@@H]4C[C@@H](C(=O)NCc5ccc(-c6scnc6C)cc5)N(C(=O)[C@H]([C@H](C)O)N5Cc6ccccc6C5=O)C4)cc3C2=O)C1)C(=O)N1C[C@H](O)C[C@H]1C(=O)NCc1ccc(-c2scnc2C)cc1. The molecule has 8 aromatic rings. The van der Waals surface area contributed by atoms with E-state index in [4.69, 9.17) is 9.47 Å². The van der Waals surface area contributed by atoms with Gasteiger partial charge in [-0.25, -0.2) is 15.0 Å². The van der Waals surface area contributed by atoms with Crippen LogP contribution in [0.15, 0.2) is 132 Å². The molecule has 13 rings (SSSR count). The van der Waals surface area contributed by atoms with E-state index >= 15 is 9.59 Å². The van der Waals surface area contributed by atoms with Gasteiger partial charge in [0.15, 0.2) is 0 Å². The number of aliphatic hydroxyl groups excluding tert-OH is 2. The van der Waals surface area contributed by atoms with Gasteiger partial charge in [0.2, 0.25) is 41.4 Å². The van der Waals surface area contributed by atoms with Gasteiger partial charge in [0.05, 0.1) is 73.1 Å². The minimum absolute atomic E-state index is 0.0231. The molecule has 0 radical (unpaired) electrons. The zero-order valence-corrected chi connectivity index (χ0v) is 67.5. The molecule has 0 saturated carbocycles. The van der Waals surface area contributed by atoms with Crippen molar-refractivity contribution in [1.29, 1.82) is 0 Å². The summed E-state index contributed by atoms with van der Waals surface area (Å²) >= 11 is 7.37. The fourth-order valence-corrected chi connectivity index (χ4v) is 19.0. The molecule has 5 aromatic carbocycles. The van der Waals surface area contributed by atoms with Crippen LogP contribution in [0.3, 0.4) is 0 Å². The second-order valence-electron chi connectivity index (χ2n) is 29.3. The van der Waals surface area contributed by atoms with Crippen molar-refractivity contribution < 1.29 is 62.8 Å². The second kappa shape index (κ2) is 36.2. The number of hydrogen-bond donors (Lipinski definition) is 6. The Balaban J connectivity index is 0.658. The maximum atomic E-state index is 15.5. The molecule has 9 amide bonds. The van der Waals surface area contributed by atoms with Gasteiger partial charge in [-0.1, -0.05) is 104 Å². The van der Waals surface area contributed by atoms with Crippen molar-refractivity contribution in [2.75, 3.05) is 50.3 Å². The lowest BCUT2D eigenvalue weighted by Gasteiger charge is -2.34. The maximum Gasteiger partial charge on any atom is 0.255 e. The molecule has 11 atom stereocenters. The Bertz CT molecular complexity index is 4770. The molecule has 3 aromatic heterocycles. The van der Waals surface area contributed by atoms with Crippen LogP contribution < -0.4 is 26.0 Å². The van der Waals surface area contributed by atoms with Crippen LogP contribution in [0, 0.1) is 26.7 Å². The molecular formula is C82H92N12O13S5. The molecule has 25 nitrogen and oxygen atoms in total. The van der Waals surface area contributed by atoms with Gasteiger partial charge in [-0.2, -0.15) is 23.5 Å². The summed E-state index contributed by atoms with van der Waals surface area (Å²) in [6, 6.07) is 29.1. The highest BCUT2D eigenvalue weighted by Gasteiger charge is 2.50. The summed E-state index contributed by atoms with van der Waals surface area (Å²) in [6.07, 6.45) is 0.599. The van der Waals surface area contributed by atoms with Gasteiger partial charge in [0.25, 0.3) is 11.8 Å². The fraction of sp³-hybridized carbons (Fsp3) is 0.415. The third kappa shape index (κ3) is 18.3. The number of rotatable bonds is 31. The van der Waals surface area contributed by atoms with Crippen LogP contribution in [-0.2, 0) is 71.0 Å². The molecule has 588 valence electrons. The third-order valence-corrected chi connectivity index (χ3v) is 25.6. The number of amides is 9. The number of thiazole rings is 3. The molecule has 5 aliphatic heterocycles. The second-order valence-corrected chi connectivity index (χ2v) is 33.7. The van der Waals surface area contributed by atoms with Crippen molar-refractivity contribution in [3.63, 3.8) is 0 Å². The number of ether oxygens (including phenoxy) is 2. The number of aryl methyl sites for hydroxylation is 3. The van der Waals surface area contributed by atoms with Crippen molar-refractivity contribution >= 4 is 111 Å². The minimum Gasteiger partial charge on any atom is -0.488 e. The van der Waals surface area contributed by atoms with Crippen molar-refractivity contribution in [1.82, 2.24) is 60.7 Å². The summed E-state index contributed by atoms with van der Waals surface area (Å²) in [7, 11) is 0. The lowest BCUT2D eigenvalue weighted by atomic mass is 10.1. The van der Waals surface area contributed by atoms with Gasteiger partial charge >= 0.3 is 0 Å². The highest BCUT2D eigenvalue weighted by molar-refractivity contribution is 7.98. The van der Waals surface area contributed by atoms with Gasteiger partial charge < -0.3 is 65.5 Å². The van der Waals surface area contributed by atoms with E-state index in [1.54, 1.807) is 81.7 Å². The minimum atomic E-state index is -1.34. The zero-order valence-electron chi connectivity index (χ0n) is 63.4. The van der Waals surface area contributed by atoms with Crippen molar-refractivity contribution in [3.8, 4) is 37.1 Å². The number of nitrogens with zero attached hydrogens (tertiary/aromatic N) is 8. The van der Waals surface area contributed by atoms with E-state index < -0.39 is 108 Å². The molecule has 0 aliphatic carbocycles. The van der Waals surface area contributed by atoms with E-state index in [9.17, 15) is 43.8 Å². The predicted molar refractivity (Wildman–Crippen MR) is 432 cm³/mol. The summed E-state index contributed by atoms with van der Waals surface area (Å²) in [5.74, 6) is -3.56. The largest absolute Gasteiger partial charge is 0.488 e. The Kier molecular flexibility index (Phi) is 26.0. The average Bonchev–Trinajstić information content (AvgIpc) is 1.62. The highest BCUT2D eigenvalue weighted by atomic mass is 32.2. The highest BCUT2D eigenvalue weighted by Crippen LogP contribution is 2.37. The monoisotopic (exact) mass is 1610 g/mol. The molecule has 112 heavy (non-hydrogen) atoms. The van der Waals surface area contributed by atoms with E-state index in [0.29, 0.717) is 23.1 Å². The number of likely N-dealkylation sites (tertiary alicyclic amines) is 3. The van der Waals surface area contributed by atoms with Crippen LogP contribution in [-0.4, -0.2) is 214 Å². The van der Waals surface area contributed by atoms with E-state index in [1.807, 2.05) is 113 Å². The Morgan fingerprint density at radius 3 is 1.54 bits per heavy atom. The summed E-state index contributed by atoms with van der Waals surface area (Å²) < 4.78 is 13.2. The number of hydrogen-bond acceptors (Lipinski definition) is 21. The molecule has 8 heterocycles. The molecular weight excluding hydrogens is 1520 g/mol. The van der Waals surface area contributed by atoms with Gasteiger partial charge in [0.1, 0.15) is 48.1 Å². The number of aromatic nitrogens is 3. The molecule has 3 fully saturated rings. The van der Waals surface area contributed by atoms with E-state index in [-0.39, 0.29) is 119 Å². The van der Waals surface area contributed by atoms with Gasteiger partial charge in [0, 0.05) is 101 Å². The van der Waals surface area contributed by atoms with Gasteiger partial charge in [-0.15, -0.1) is 34.0 Å². The quantitative estimate of drug-likeness (QED) is 0.0237. The standard InChI is InChI=1S/C82H92N12O13S5/c1-46(12-27-70(97)89-65(41-108-6)80(103)91-37-59(96)28-66(91)75(98)83-32-51-13-19-54(20-14-51)72-47(2)86-43-110-72)40-106-61-30-67(76(99)84-33-52-15-21-55(22-16-52)73-48(3)87-44-111-73)92(38-61)81(104)69(42-109-7)90-35-58-25-26-60(29-64(58)79(90)102)107-62-31-68(77(100)85-34-53-17-23-56(24-18-53)74-49(4)88-45-112-74)93(39-62)82(105)71(50(5)95)94-36-57-10-8-9-11-63(57)78(94)101/h8-11,13-26,29,43-46,50,59,61-62,65-69,71,95-96H,12,27-28,30-42H2,1-7H3,(H,83,98)(H,84,99)(H,85,100)(H,89,97)/t46?,50-,59+,61+,62+,65-,66-,67-,68-,69-,71-/m0/s1. The Morgan fingerprint density at radius 1 is 0.562 bits per heavy atom. The molecule has 30 heteroatoms. The van der Waals surface area contributed by atoms with Crippen LogP contribution in [0.2, 0.25) is 0 Å². The fourth-order valence-electron chi connectivity index (χ4n) is 15.4. The third-order valence-electron chi connectivity index (χ3n) is 21.4. The van der Waals surface area contributed by atoms with E-state index in [1.165, 1.54) is 66.3 Å². The van der Waals surface area contributed by atoms with Crippen molar-refractivity contribution in [3.05, 3.63) is 188 Å². The number of fused-ring (bicyclic) bond motifs is 2. The molecule has 5 aliphatic rings. The van der Waals surface area contributed by atoms with Crippen LogP contribution in [0.25, 0.3) is 31.3 Å². The first kappa shape index (κ1) is 80.6. The number of nitrogens with one attached hydrogen (secondary N) is 4. The summed E-state index contributed by atoms with van der Waals surface area (Å²) in [5.41, 5.74) is 15.7. The molecule has 0 spiro atoms. The van der Waals surface area contributed by atoms with Crippen LogP contribution in [0.5, 0.6) is 5.75 Å². The number of carbonyl (C=O) groups is 9. The first-order chi connectivity index (χ1) is 54.0. The molecule has 3 saturated heterocycles. The van der Waals surface area contributed by atoms with Crippen molar-refractivity contribution in [2.24, 2.45) is 5.92 Å². The smallest absolute Gasteiger partial charge is 0.255 e. The van der Waals surface area contributed by atoms with Gasteiger partial charge in [-0.05, 0) is 115 Å². The average molecular weight is 1610 g/mol. The number of benzene rings is 5. The Hall–Kier alpha value is -9.40. The molecule has 0 bridgehead atoms. The van der Waals surface area contributed by atoms with Crippen LogP contribution >= 0.6 is 57.5 Å². The first-order valence-corrected chi connectivity index (χ1v) is 42.9. The molecule has 6 N–H and O–H groups in total. The van der Waals surface area contributed by atoms with E-state index in [2.05, 4.69) is 36.2 Å². The number of carbonyl (C=O) groups excluding carboxylic acids is 9. The number of thioether (sulfide) groups is 2. The van der Waals surface area contributed by atoms with Crippen LogP contribution in [0.4, 0.5) is 0 Å². The lowest BCUT2D eigenvalue weighted by molar-refractivity contribution is -0.145. The van der Waals surface area contributed by atoms with Crippen molar-refractivity contribution in [2.45, 2.75) is 160 Å². The Morgan fingerprint density at radius 2 is 1.04 bits per heavy atom. The topological polar surface area (TPSA) is 316 Å². The maximum absolute atomic E-state index is 15.5. The summed E-state index contributed by atoms with van der Waals surface area (Å²) in [4.78, 5) is 154. The number of aliphatic hydroxyl groups is 2. The normalized spacial score (nSPS) is 20.0. The molecule has 1 unspecified atom stereocenters. The Labute approximate surface area is 671 Å². The zero-order chi connectivity index (χ0) is 79.0. The summed E-state index contributed by atoms with van der Waals surface area (Å²) in [6.45, 7) is 9.91. The summed E-state index contributed by atoms with van der Waals surface area (Å²) in [5, 5.41) is 34.1. The van der Waals surface area contributed by atoms with Gasteiger partial charge in [-0.3, -0.25) is 43.2 Å².